The molecule has 1 rings (SSSR count). The molecule has 0 heterocycles. The highest BCUT2D eigenvalue weighted by molar-refractivity contribution is 5.31. The van der Waals surface area contributed by atoms with Crippen LogP contribution in [0, 0.1) is 11.6 Å². The van der Waals surface area contributed by atoms with Crippen molar-refractivity contribution in [3.8, 4) is 5.75 Å². The predicted molar refractivity (Wildman–Crippen MR) is 79.5 cm³/mol. The molecule has 0 spiro atoms. The Bertz CT molecular complexity index is 435. The molecule has 5 heteroatoms. The summed E-state index contributed by atoms with van der Waals surface area (Å²) in [5.74, 6) is -1.77. The van der Waals surface area contributed by atoms with Crippen molar-refractivity contribution in [3.05, 3.63) is 29.3 Å². The number of rotatable bonds is 7. The van der Waals surface area contributed by atoms with Gasteiger partial charge < -0.3 is 15.2 Å². The first kappa shape index (κ1) is 17.9. The minimum absolute atomic E-state index is 0.0962. The lowest BCUT2D eigenvalue weighted by molar-refractivity contribution is -0.0170. The summed E-state index contributed by atoms with van der Waals surface area (Å²) in [4.78, 5) is 0. The van der Waals surface area contributed by atoms with Gasteiger partial charge in [0, 0.05) is 6.04 Å². The first-order valence-electron chi connectivity index (χ1n) is 7.23. The highest BCUT2D eigenvalue weighted by atomic mass is 19.1. The Morgan fingerprint density at radius 2 is 1.71 bits per heavy atom. The fourth-order valence-corrected chi connectivity index (χ4v) is 1.81. The SMILES string of the molecule is CCC(N)Cc1cc(F)c(OCCOC(C)(C)C)c(F)c1. The molecule has 0 aliphatic heterocycles. The second-order valence-corrected chi connectivity index (χ2v) is 6.07. The van der Waals surface area contributed by atoms with Crippen molar-refractivity contribution in [1.29, 1.82) is 0 Å². The normalized spacial score (nSPS) is 13.3. The molecule has 0 radical (unpaired) electrons. The maximum Gasteiger partial charge on any atom is 0.190 e. The zero-order valence-electron chi connectivity index (χ0n) is 13.2. The fourth-order valence-electron chi connectivity index (χ4n) is 1.81. The lowest BCUT2D eigenvalue weighted by atomic mass is 10.0. The molecule has 0 fully saturated rings. The van der Waals surface area contributed by atoms with E-state index in [4.69, 9.17) is 15.2 Å². The highest BCUT2D eigenvalue weighted by Crippen LogP contribution is 2.24. The molecule has 0 saturated heterocycles. The zero-order chi connectivity index (χ0) is 16.0. The van der Waals surface area contributed by atoms with E-state index >= 15 is 0 Å². The van der Waals surface area contributed by atoms with E-state index in [1.165, 1.54) is 12.1 Å². The van der Waals surface area contributed by atoms with Gasteiger partial charge in [-0.3, -0.25) is 0 Å². The molecular formula is C16H25F2NO2. The number of hydrogen-bond donors (Lipinski definition) is 1. The number of nitrogens with two attached hydrogens (primary N) is 1. The van der Waals surface area contributed by atoms with Gasteiger partial charge in [0.25, 0.3) is 0 Å². The van der Waals surface area contributed by atoms with Crippen LogP contribution in [0.3, 0.4) is 0 Å². The Labute approximate surface area is 125 Å². The van der Waals surface area contributed by atoms with E-state index in [0.29, 0.717) is 12.0 Å². The Kier molecular flexibility index (Phi) is 6.55. The molecule has 120 valence electrons. The van der Waals surface area contributed by atoms with Gasteiger partial charge >= 0.3 is 0 Å². The Hall–Kier alpha value is -1.20. The van der Waals surface area contributed by atoms with Gasteiger partial charge in [-0.1, -0.05) is 6.92 Å². The van der Waals surface area contributed by atoms with Gasteiger partial charge in [0.1, 0.15) is 6.61 Å². The van der Waals surface area contributed by atoms with Crippen molar-refractivity contribution in [1.82, 2.24) is 0 Å². The first-order chi connectivity index (χ1) is 9.73. The van der Waals surface area contributed by atoms with Crippen molar-refractivity contribution < 1.29 is 18.3 Å². The van der Waals surface area contributed by atoms with E-state index in [9.17, 15) is 8.78 Å². The number of halogens is 2. The van der Waals surface area contributed by atoms with Crippen molar-refractivity contribution in [2.75, 3.05) is 13.2 Å². The second kappa shape index (κ2) is 7.71. The van der Waals surface area contributed by atoms with Gasteiger partial charge in [-0.2, -0.15) is 0 Å². The minimum atomic E-state index is -0.705. The molecule has 1 atom stereocenters. The molecule has 1 aromatic rings. The lowest BCUT2D eigenvalue weighted by Crippen LogP contribution is -2.23. The van der Waals surface area contributed by atoms with Crippen LogP contribution in [0.4, 0.5) is 8.78 Å². The van der Waals surface area contributed by atoms with Crippen molar-refractivity contribution in [3.63, 3.8) is 0 Å². The summed E-state index contributed by atoms with van der Waals surface area (Å²) in [5.41, 5.74) is 6.02. The Morgan fingerprint density at radius 3 is 2.19 bits per heavy atom. The predicted octanol–water partition coefficient (Wildman–Crippen LogP) is 3.44. The number of benzene rings is 1. The van der Waals surface area contributed by atoms with E-state index in [0.717, 1.165) is 6.42 Å². The summed E-state index contributed by atoms with van der Waals surface area (Å²) >= 11 is 0. The summed E-state index contributed by atoms with van der Waals surface area (Å²) in [6, 6.07) is 2.45. The van der Waals surface area contributed by atoms with E-state index in [2.05, 4.69) is 0 Å². The largest absolute Gasteiger partial charge is 0.485 e. The molecule has 0 aromatic heterocycles. The van der Waals surface area contributed by atoms with Crippen LogP contribution in [0.1, 0.15) is 39.7 Å². The summed E-state index contributed by atoms with van der Waals surface area (Å²) in [6.45, 7) is 8.01. The molecule has 0 amide bonds. The average molecular weight is 301 g/mol. The van der Waals surface area contributed by atoms with Crippen LogP contribution in [0.2, 0.25) is 0 Å². The van der Waals surface area contributed by atoms with Crippen LogP contribution in [-0.2, 0) is 11.2 Å². The molecule has 0 saturated carbocycles. The number of ether oxygens (including phenoxy) is 2. The van der Waals surface area contributed by atoms with Crippen LogP contribution in [0.25, 0.3) is 0 Å². The molecule has 1 aromatic carbocycles. The third-order valence-electron chi connectivity index (χ3n) is 2.95. The van der Waals surface area contributed by atoms with E-state index in [1.807, 2.05) is 27.7 Å². The fraction of sp³-hybridized carbons (Fsp3) is 0.625. The van der Waals surface area contributed by atoms with Gasteiger partial charge in [0.2, 0.25) is 0 Å². The van der Waals surface area contributed by atoms with E-state index < -0.39 is 11.6 Å². The molecule has 0 aliphatic carbocycles. The maximum atomic E-state index is 13.9. The van der Waals surface area contributed by atoms with Crippen molar-refractivity contribution in [2.45, 2.75) is 52.2 Å². The molecule has 2 N–H and O–H groups in total. The van der Waals surface area contributed by atoms with Crippen LogP contribution >= 0.6 is 0 Å². The third kappa shape index (κ3) is 6.40. The Morgan fingerprint density at radius 1 is 1.14 bits per heavy atom. The van der Waals surface area contributed by atoms with E-state index in [-0.39, 0.29) is 30.6 Å². The topological polar surface area (TPSA) is 44.5 Å². The summed E-state index contributed by atoms with van der Waals surface area (Å²) < 4.78 is 38.3. The number of hydrogen-bond acceptors (Lipinski definition) is 3. The molecule has 0 bridgehead atoms. The smallest absolute Gasteiger partial charge is 0.190 e. The zero-order valence-corrected chi connectivity index (χ0v) is 13.2. The van der Waals surface area contributed by atoms with E-state index in [1.54, 1.807) is 0 Å². The minimum Gasteiger partial charge on any atom is -0.485 e. The van der Waals surface area contributed by atoms with Gasteiger partial charge in [0.15, 0.2) is 17.4 Å². The molecule has 0 aliphatic rings. The van der Waals surface area contributed by atoms with Gasteiger partial charge in [-0.15, -0.1) is 0 Å². The standard InChI is InChI=1S/C16H25F2NO2/c1-5-12(19)8-11-9-13(17)15(14(18)10-11)20-6-7-21-16(2,3)4/h9-10,12H,5-8,19H2,1-4H3. The van der Waals surface area contributed by atoms with Crippen LogP contribution in [-0.4, -0.2) is 24.9 Å². The summed E-state index contributed by atoms with van der Waals surface area (Å²) in [5, 5.41) is 0. The third-order valence-corrected chi connectivity index (χ3v) is 2.95. The average Bonchev–Trinajstić information content (AvgIpc) is 2.35. The monoisotopic (exact) mass is 301 g/mol. The summed E-state index contributed by atoms with van der Waals surface area (Å²) in [6.07, 6.45) is 1.20. The Balaban J connectivity index is 2.63. The summed E-state index contributed by atoms with van der Waals surface area (Å²) in [7, 11) is 0. The van der Waals surface area contributed by atoms with Gasteiger partial charge in [-0.05, 0) is 51.3 Å². The molecule has 21 heavy (non-hydrogen) atoms. The maximum absolute atomic E-state index is 13.9. The second-order valence-electron chi connectivity index (χ2n) is 6.07. The van der Waals surface area contributed by atoms with Crippen LogP contribution < -0.4 is 10.5 Å². The van der Waals surface area contributed by atoms with Crippen molar-refractivity contribution in [2.24, 2.45) is 5.73 Å². The highest BCUT2D eigenvalue weighted by Gasteiger charge is 2.15. The molecule has 3 nitrogen and oxygen atoms in total. The van der Waals surface area contributed by atoms with Crippen LogP contribution in [0.15, 0.2) is 12.1 Å². The van der Waals surface area contributed by atoms with Crippen LogP contribution in [0.5, 0.6) is 5.75 Å². The van der Waals surface area contributed by atoms with Gasteiger partial charge in [0.05, 0.1) is 12.2 Å². The first-order valence-corrected chi connectivity index (χ1v) is 7.23. The van der Waals surface area contributed by atoms with Gasteiger partial charge in [-0.25, -0.2) is 8.78 Å². The molecular weight excluding hydrogens is 276 g/mol. The quantitative estimate of drug-likeness (QED) is 0.785. The van der Waals surface area contributed by atoms with Crippen molar-refractivity contribution >= 4 is 0 Å². The molecule has 1 unspecified atom stereocenters. The lowest BCUT2D eigenvalue weighted by Gasteiger charge is -2.19.